The molecule has 1 heterocycles. The second kappa shape index (κ2) is 2.42. The summed E-state index contributed by atoms with van der Waals surface area (Å²) in [5.41, 5.74) is 0. The standard InChI is InChI=1S/C8H11NS/c1-6-9-7-4-2-3-5-8(7)10-6/h2-3,7-8H,4-5H2,1H3/t7-,8?/m1/s1. The van der Waals surface area contributed by atoms with Gasteiger partial charge in [-0.3, -0.25) is 4.99 Å². The molecule has 54 valence electrons. The summed E-state index contributed by atoms with van der Waals surface area (Å²) in [6.07, 6.45) is 6.91. The highest BCUT2D eigenvalue weighted by Crippen LogP contribution is 2.33. The van der Waals surface area contributed by atoms with Crippen LogP contribution in [0.3, 0.4) is 0 Å². The summed E-state index contributed by atoms with van der Waals surface area (Å²) in [5.74, 6) is 0. The van der Waals surface area contributed by atoms with Crippen molar-refractivity contribution in [1.82, 2.24) is 0 Å². The highest BCUT2D eigenvalue weighted by atomic mass is 32.2. The molecule has 2 heteroatoms. The molecule has 0 spiro atoms. The van der Waals surface area contributed by atoms with Gasteiger partial charge in [-0.15, -0.1) is 11.8 Å². The largest absolute Gasteiger partial charge is 0.278 e. The van der Waals surface area contributed by atoms with Crippen LogP contribution < -0.4 is 0 Å². The van der Waals surface area contributed by atoms with Crippen LogP contribution in [-0.2, 0) is 0 Å². The van der Waals surface area contributed by atoms with Crippen molar-refractivity contribution in [2.75, 3.05) is 0 Å². The third-order valence-corrected chi connectivity index (χ3v) is 3.27. The van der Waals surface area contributed by atoms with Gasteiger partial charge in [-0.05, 0) is 19.8 Å². The first kappa shape index (κ1) is 6.47. The molecule has 1 aliphatic carbocycles. The third kappa shape index (κ3) is 1.01. The molecule has 0 saturated carbocycles. The van der Waals surface area contributed by atoms with E-state index in [4.69, 9.17) is 0 Å². The van der Waals surface area contributed by atoms with E-state index in [1.807, 2.05) is 11.8 Å². The topological polar surface area (TPSA) is 12.4 Å². The first-order valence-electron chi connectivity index (χ1n) is 3.72. The van der Waals surface area contributed by atoms with Crippen LogP contribution in [0.15, 0.2) is 17.1 Å². The van der Waals surface area contributed by atoms with Gasteiger partial charge in [0.05, 0.1) is 11.1 Å². The Morgan fingerprint density at radius 1 is 1.50 bits per heavy atom. The van der Waals surface area contributed by atoms with Crippen LogP contribution >= 0.6 is 11.8 Å². The van der Waals surface area contributed by atoms with E-state index in [0.717, 1.165) is 11.7 Å². The number of thioether (sulfide) groups is 1. The van der Waals surface area contributed by atoms with Gasteiger partial charge in [0.25, 0.3) is 0 Å². The molecule has 0 aromatic heterocycles. The number of hydrogen-bond acceptors (Lipinski definition) is 2. The van der Waals surface area contributed by atoms with Crippen LogP contribution in [0, 0.1) is 0 Å². The Labute approximate surface area is 65.6 Å². The summed E-state index contributed by atoms with van der Waals surface area (Å²) in [7, 11) is 0. The van der Waals surface area contributed by atoms with Crippen molar-refractivity contribution in [2.45, 2.75) is 31.1 Å². The van der Waals surface area contributed by atoms with Gasteiger partial charge in [0.1, 0.15) is 0 Å². The Morgan fingerprint density at radius 2 is 2.30 bits per heavy atom. The Hall–Kier alpha value is -0.240. The lowest BCUT2D eigenvalue weighted by Gasteiger charge is -2.17. The second-order valence-corrected chi connectivity index (χ2v) is 4.25. The number of hydrogen-bond donors (Lipinski definition) is 0. The van der Waals surface area contributed by atoms with Crippen molar-refractivity contribution in [3.8, 4) is 0 Å². The van der Waals surface area contributed by atoms with E-state index in [1.165, 1.54) is 11.5 Å². The van der Waals surface area contributed by atoms with E-state index < -0.39 is 0 Å². The smallest absolute Gasteiger partial charge is 0.0668 e. The zero-order chi connectivity index (χ0) is 6.97. The lowest BCUT2D eigenvalue weighted by Crippen LogP contribution is -2.18. The molecule has 2 atom stereocenters. The van der Waals surface area contributed by atoms with E-state index in [1.54, 1.807) is 0 Å². The molecule has 0 saturated heterocycles. The highest BCUT2D eigenvalue weighted by molar-refractivity contribution is 8.14. The third-order valence-electron chi connectivity index (χ3n) is 2.01. The zero-order valence-electron chi connectivity index (χ0n) is 6.08. The monoisotopic (exact) mass is 153 g/mol. The minimum absolute atomic E-state index is 0.606. The number of rotatable bonds is 0. The van der Waals surface area contributed by atoms with Crippen LogP contribution in [0.5, 0.6) is 0 Å². The predicted octanol–water partition coefficient (Wildman–Crippen LogP) is 2.24. The molecular weight excluding hydrogens is 142 g/mol. The predicted molar refractivity (Wildman–Crippen MR) is 46.7 cm³/mol. The Morgan fingerprint density at radius 3 is 3.10 bits per heavy atom. The molecule has 0 bridgehead atoms. The average molecular weight is 153 g/mol. The average Bonchev–Trinajstić information content (AvgIpc) is 2.27. The van der Waals surface area contributed by atoms with Crippen molar-refractivity contribution in [3.05, 3.63) is 12.2 Å². The Bertz CT molecular complexity index is 195. The fourth-order valence-corrected chi connectivity index (χ4v) is 2.69. The summed E-state index contributed by atoms with van der Waals surface area (Å²) in [6.45, 7) is 2.11. The number of aliphatic imine (C=N–C) groups is 1. The first-order valence-corrected chi connectivity index (χ1v) is 4.60. The fourth-order valence-electron chi connectivity index (χ4n) is 1.52. The summed E-state index contributed by atoms with van der Waals surface area (Å²) in [5, 5.41) is 2.05. The molecule has 0 aromatic carbocycles. The molecule has 1 nitrogen and oxygen atoms in total. The molecule has 2 rings (SSSR count). The number of fused-ring (bicyclic) bond motifs is 1. The van der Waals surface area contributed by atoms with E-state index in [9.17, 15) is 0 Å². The SMILES string of the molecule is CC1=N[C@@H]2CC=CCC2S1. The van der Waals surface area contributed by atoms with Gasteiger partial charge in [0, 0.05) is 5.25 Å². The lowest BCUT2D eigenvalue weighted by molar-refractivity contribution is 0.637. The maximum Gasteiger partial charge on any atom is 0.0668 e. The van der Waals surface area contributed by atoms with E-state index in [0.29, 0.717) is 6.04 Å². The summed E-state index contributed by atoms with van der Waals surface area (Å²) < 4.78 is 0. The van der Waals surface area contributed by atoms with Crippen molar-refractivity contribution < 1.29 is 0 Å². The normalized spacial score (nSPS) is 37.5. The van der Waals surface area contributed by atoms with Crippen LogP contribution in [0.25, 0.3) is 0 Å². The van der Waals surface area contributed by atoms with E-state index in [2.05, 4.69) is 24.1 Å². The van der Waals surface area contributed by atoms with Crippen LogP contribution in [0.1, 0.15) is 19.8 Å². The molecule has 0 fully saturated rings. The minimum atomic E-state index is 0.606. The molecule has 0 radical (unpaired) electrons. The molecule has 1 unspecified atom stereocenters. The molecule has 2 aliphatic rings. The van der Waals surface area contributed by atoms with Gasteiger partial charge in [0.15, 0.2) is 0 Å². The molecule has 0 aromatic rings. The molecular formula is C8H11NS. The molecule has 0 amide bonds. The number of nitrogens with zero attached hydrogens (tertiary/aromatic N) is 1. The van der Waals surface area contributed by atoms with Gasteiger partial charge in [-0.2, -0.15) is 0 Å². The fraction of sp³-hybridized carbons (Fsp3) is 0.625. The van der Waals surface area contributed by atoms with E-state index >= 15 is 0 Å². The van der Waals surface area contributed by atoms with Crippen molar-refractivity contribution in [1.29, 1.82) is 0 Å². The number of allylic oxidation sites excluding steroid dienone is 1. The maximum atomic E-state index is 4.54. The van der Waals surface area contributed by atoms with Gasteiger partial charge in [-0.1, -0.05) is 12.2 Å². The molecule has 10 heavy (non-hydrogen) atoms. The van der Waals surface area contributed by atoms with Crippen molar-refractivity contribution in [2.24, 2.45) is 4.99 Å². The maximum absolute atomic E-state index is 4.54. The summed E-state index contributed by atoms with van der Waals surface area (Å²) >= 11 is 1.95. The van der Waals surface area contributed by atoms with E-state index in [-0.39, 0.29) is 0 Å². The minimum Gasteiger partial charge on any atom is -0.278 e. The van der Waals surface area contributed by atoms with Gasteiger partial charge in [-0.25, -0.2) is 0 Å². The summed E-state index contributed by atoms with van der Waals surface area (Å²) in [6, 6.07) is 0.606. The highest BCUT2D eigenvalue weighted by Gasteiger charge is 2.27. The van der Waals surface area contributed by atoms with Crippen LogP contribution in [-0.4, -0.2) is 16.3 Å². The zero-order valence-corrected chi connectivity index (χ0v) is 6.90. The molecule has 0 N–H and O–H groups in total. The second-order valence-electron chi connectivity index (χ2n) is 2.81. The van der Waals surface area contributed by atoms with Crippen LogP contribution in [0.2, 0.25) is 0 Å². The first-order chi connectivity index (χ1) is 4.86. The summed E-state index contributed by atoms with van der Waals surface area (Å²) in [4.78, 5) is 4.54. The quantitative estimate of drug-likeness (QED) is 0.486. The van der Waals surface area contributed by atoms with Crippen molar-refractivity contribution in [3.63, 3.8) is 0 Å². The van der Waals surface area contributed by atoms with Gasteiger partial charge in [0.2, 0.25) is 0 Å². The van der Waals surface area contributed by atoms with Gasteiger partial charge >= 0.3 is 0 Å². The lowest BCUT2D eigenvalue weighted by atomic mass is 10.0. The van der Waals surface area contributed by atoms with Gasteiger partial charge < -0.3 is 0 Å². The molecule has 1 aliphatic heterocycles. The van der Waals surface area contributed by atoms with Crippen LogP contribution in [0.4, 0.5) is 0 Å². The Kier molecular flexibility index (Phi) is 1.57. The van der Waals surface area contributed by atoms with Crippen molar-refractivity contribution >= 4 is 16.8 Å². The Balaban J connectivity index is 2.14.